The van der Waals surface area contributed by atoms with Crippen molar-refractivity contribution in [3.63, 3.8) is 0 Å². The molecule has 0 heterocycles. The normalized spacial score (nSPS) is 14.3. The summed E-state index contributed by atoms with van der Waals surface area (Å²) in [7, 11) is 0. The molecule has 3 heteroatoms. The molecule has 0 aromatic heterocycles. The van der Waals surface area contributed by atoms with Crippen molar-refractivity contribution in [1.82, 2.24) is 4.90 Å². The maximum Gasteiger partial charge on any atom is 0.305 e. The highest BCUT2D eigenvalue weighted by atomic mass is 16.4. The molecule has 3 nitrogen and oxygen atoms in total. The maximum atomic E-state index is 11.0. The van der Waals surface area contributed by atoms with Gasteiger partial charge < -0.3 is 5.11 Å². The molecule has 17 heavy (non-hydrogen) atoms. The lowest BCUT2D eigenvalue weighted by atomic mass is 9.87. The predicted molar refractivity (Wildman–Crippen MR) is 72.1 cm³/mol. The lowest BCUT2D eigenvalue weighted by Gasteiger charge is -2.40. The molecule has 0 aliphatic heterocycles. The minimum absolute atomic E-state index is 0.120. The van der Waals surface area contributed by atoms with Crippen molar-refractivity contribution < 1.29 is 9.90 Å². The van der Waals surface area contributed by atoms with Gasteiger partial charge in [0, 0.05) is 5.54 Å². The summed E-state index contributed by atoms with van der Waals surface area (Å²) in [5, 5.41) is 9.08. The van der Waals surface area contributed by atoms with E-state index in [9.17, 15) is 4.79 Å². The number of carboxylic acid groups (broad SMARTS) is 1. The molecule has 0 aliphatic rings. The van der Waals surface area contributed by atoms with Crippen LogP contribution in [0.25, 0.3) is 0 Å². The van der Waals surface area contributed by atoms with Gasteiger partial charge in [-0.3, -0.25) is 9.69 Å². The van der Waals surface area contributed by atoms with Crippen molar-refractivity contribution in [2.75, 3.05) is 13.1 Å². The van der Waals surface area contributed by atoms with Gasteiger partial charge in [0.1, 0.15) is 0 Å². The van der Waals surface area contributed by atoms with Crippen molar-refractivity contribution in [2.24, 2.45) is 0 Å². The topological polar surface area (TPSA) is 40.5 Å². The van der Waals surface area contributed by atoms with E-state index in [4.69, 9.17) is 5.11 Å². The van der Waals surface area contributed by atoms with E-state index < -0.39 is 11.5 Å². The van der Waals surface area contributed by atoms with Crippen molar-refractivity contribution in [3.05, 3.63) is 25.3 Å². The van der Waals surface area contributed by atoms with E-state index in [1.54, 1.807) is 6.08 Å². The van der Waals surface area contributed by atoms with Crippen LogP contribution in [0, 0.1) is 0 Å². The number of rotatable bonds is 10. The van der Waals surface area contributed by atoms with Crippen LogP contribution in [0.2, 0.25) is 0 Å². The van der Waals surface area contributed by atoms with Crippen LogP contribution in [0.5, 0.6) is 0 Å². The number of carboxylic acids is 1. The molecular formula is C14H25NO2. The van der Waals surface area contributed by atoms with Gasteiger partial charge in [-0.1, -0.05) is 26.0 Å². The maximum absolute atomic E-state index is 11.0. The highest BCUT2D eigenvalue weighted by Crippen LogP contribution is 2.28. The van der Waals surface area contributed by atoms with Crippen LogP contribution in [0.4, 0.5) is 0 Å². The molecule has 1 unspecified atom stereocenters. The lowest BCUT2D eigenvalue weighted by Crippen LogP contribution is -2.48. The first kappa shape index (κ1) is 15.9. The van der Waals surface area contributed by atoms with Gasteiger partial charge in [-0.05, 0) is 32.4 Å². The van der Waals surface area contributed by atoms with Gasteiger partial charge in [0.15, 0.2) is 0 Å². The summed E-state index contributed by atoms with van der Waals surface area (Å²) in [5.74, 6) is -0.768. The molecule has 1 N–H and O–H groups in total. The molecule has 0 amide bonds. The van der Waals surface area contributed by atoms with Crippen LogP contribution >= 0.6 is 0 Å². The minimum atomic E-state index is -0.768. The second kappa shape index (κ2) is 8.07. The standard InChI is InChI=1S/C14H25NO2/c1-5-9-10-11-14(6-2,12-13(16)17)15(7-3)8-4/h5-6H,1-2,7-12H2,3-4H3,(H,16,17). The van der Waals surface area contributed by atoms with Gasteiger partial charge in [0.25, 0.3) is 0 Å². The fourth-order valence-electron chi connectivity index (χ4n) is 2.33. The average Bonchev–Trinajstić information content (AvgIpc) is 2.29. The minimum Gasteiger partial charge on any atom is -0.481 e. The fourth-order valence-corrected chi connectivity index (χ4v) is 2.33. The van der Waals surface area contributed by atoms with E-state index in [1.165, 1.54) is 0 Å². The number of carbonyl (C=O) groups is 1. The summed E-state index contributed by atoms with van der Waals surface area (Å²) in [4.78, 5) is 13.2. The number of hydrogen-bond acceptors (Lipinski definition) is 2. The van der Waals surface area contributed by atoms with E-state index in [0.29, 0.717) is 0 Å². The van der Waals surface area contributed by atoms with Crippen LogP contribution in [0.15, 0.2) is 25.3 Å². The quantitative estimate of drug-likeness (QED) is 0.470. The summed E-state index contributed by atoms with van der Waals surface area (Å²) in [6, 6.07) is 0. The van der Waals surface area contributed by atoms with Gasteiger partial charge in [-0.2, -0.15) is 0 Å². The van der Waals surface area contributed by atoms with Crippen molar-refractivity contribution in [3.8, 4) is 0 Å². The first-order valence-electron chi connectivity index (χ1n) is 6.27. The smallest absolute Gasteiger partial charge is 0.305 e. The van der Waals surface area contributed by atoms with Crippen molar-refractivity contribution in [1.29, 1.82) is 0 Å². The van der Waals surface area contributed by atoms with Crippen LogP contribution in [-0.2, 0) is 4.79 Å². The van der Waals surface area contributed by atoms with Gasteiger partial charge in [0.05, 0.1) is 6.42 Å². The third kappa shape index (κ3) is 4.73. The van der Waals surface area contributed by atoms with E-state index in [-0.39, 0.29) is 6.42 Å². The van der Waals surface area contributed by atoms with E-state index in [1.807, 2.05) is 6.08 Å². The number of hydrogen-bond donors (Lipinski definition) is 1. The SMILES string of the molecule is C=CCCCC(C=C)(CC(=O)O)N(CC)CC. The molecule has 0 spiro atoms. The van der Waals surface area contributed by atoms with Crippen LogP contribution < -0.4 is 0 Å². The summed E-state index contributed by atoms with van der Waals surface area (Å²) >= 11 is 0. The fraction of sp³-hybridized carbons (Fsp3) is 0.643. The number of aliphatic carboxylic acids is 1. The molecule has 0 radical (unpaired) electrons. The van der Waals surface area contributed by atoms with Crippen molar-refractivity contribution >= 4 is 5.97 Å². The third-order valence-electron chi connectivity index (χ3n) is 3.25. The Labute approximate surface area is 105 Å². The van der Waals surface area contributed by atoms with E-state index in [2.05, 4.69) is 31.9 Å². The Hall–Kier alpha value is -1.09. The molecule has 0 aromatic rings. The molecular weight excluding hydrogens is 214 g/mol. The van der Waals surface area contributed by atoms with Gasteiger partial charge in [-0.15, -0.1) is 13.2 Å². The summed E-state index contributed by atoms with van der Waals surface area (Å²) in [5.41, 5.74) is -0.418. The molecule has 0 fully saturated rings. The molecule has 0 rings (SSSR count). The van der Waals surface area contributed by atoms with Crippen molar-refractivity contribution in [2.45, 2.75) is 45.1 Å². The Bertz CT molecular complexity index is 259. The average molecular weight is 239 g/mol. The zero-order valence-corrected chi connectivity index (χ0v) is 11.1. The Morgan fingerprint density at radius 1 is 1.35 bits per heavy atom. The summed E-state index contributed by atoms with van der Waals surface area (Å²) in [6.45, 7) is 13.3. The van der Waals surface area contributed by atoms with Crippen LogP contribution in [0.1, 0.15) is 39.5 Å². The van der Waals surface area contributed by atoms with E-state index in [0.717, 1.165) is 32.4 Å². The monoisotopic (exact) mass is 239 g/mol. The van der Waals surface area contributed by atoms with E-state index >= 15 is 0 Å². The van der Waals surface area contributed by atoms with Crippen LogP contribution in [-0.4, -0.2) is 34.6 Å². The lowest BCUT2D eigenvalue weighted by molar-refractivity contribution is -0.139. The Kier molecular flexibility index (Phi) is 7.55. The van der Waals surface area contributed by atoms with Gasteiger partial charge in [0.2, 0.25) is 0 Å². The first-order chi connectivity index (χ1) is 8.06. The number of nitrogens with zero attached hydrogens (tertiary/aromatic N) is 1. The summed E-state index contributed by atoms with van der Waals surface area (Å²) < 4.78 is 0. The Morgan fingerprint density at radius 2 is 1.94 bits per heavy atom. The largest absolute Gasteiger partial charge is 0.481 e. The number of unbranched alkanes of at least 4 members (excludes halogenated alkanes) is 1. The predicted octanol–water partition coefficient (Wildman–Crippen LogP) is 3.08. The number of likely N-dealkylation sites (N-methyl/N-ethyl adjacent to an activating group) is 1. The molecule has 98 valence electrons. The summed E-state index contributed by atoms with van der Waals surface area (Å²) in [6.07, 6.45) is 6.47. The number of allylic oxidation sites excluding steroid dienone is 1. The third-order valence-corrected chi connectivity index (χ3v) is 3.25. The zero-order valence-electron chi connectivity index (χ0n) is 11.1. The molecule has 0 aromatic carbocycles. The van der Waals surface area contributed by atoms with Gasteiger partial charge in [-0.25, -0.2) is 0 Å². The molecule has 1 atom stereocenters. The second-order valence-electron chi connectivity index (χ2n) is 4.23. The molecule has 0 aliphatic carbocycles. The Balaban J connectivity index is 4.90. The molecule has 0 saturated carbocycles. The zero-order chi connectivity index (χ0) is 13.3. The second-order valence-corrected chi connectivity index (χ2v) is 4.23. The molecule has 0 saturated heterocycles. The first-order valence-corrected chi connectivity index (χ1v) is 6.27. The van der Waals surface area contributed by atoms with Gasteiger partial charge >= 0.3 is 5.97 Å². The highest BCUT2D eigenvalue weighted by Gasteiger charge is 2.33. The Morgan fingerprint density at radius 3 is 2.29 bits per heavy atom. The highest BCUT2D eigenvalue weighted by molar-refractivity contribution is 5.69. The van der Waals surface area contributed by atoms with Crippen LogP contribution in [0.3, 0.4) is 0 Å². The molecule has 0 bridgehead atoms.